The number of hydrogen-bond acceptors (Lipinski definition) is 4. The molecule has 0 saturated heterocycles. The van der Waals surface area contributed by atoms with Crippen LogP contribution in [0.1, 0.15) is 12.0 Å². The Morgan fingerprint density at radius 1 is 1.41 bits per heavy atom. The minimum absolute atomic E-state index is 0.0480. The molecule has 0 atom stereocenters. The van der Waals surface area contributed by atoms with Gasteiger partial charge in [0, 0.05) is 18.0 Å². The molecule has 0 bridgehead atoms. The van der Waals surface area contributed by atoms with E-state index in [1.54, 1.807) is 0 Å². The first-order valence-electron chi connectivity index (χ1n) is 5.31. The lowest BCUT2D eigenvalue weighted by Crippen LogP contribution is -2.25. The van der Waals surface area contributed by atoms with Crippen molar-refractivity contribution in [2.24, 2.45) is 5.73 Å². The first-order chi connectivity index (χ1) is 8.26. The van der Waals surface area contributed by atoms with Crippen LogP contribution in [0, 0.1) is 11.3 Å². The van der Waals surface area contributed by atoms with E-state index in [1.807, 2.05) is 30.3 Å². The Balaban J connectivity index is 2.29. The second-order valence-corrected chi connectivity index (χ2v) is 4.44. The fraction of sp³-hybridized carbons (Fsp3) is 0.333. The summed E-state index contributed by atoms with van der Waals surface area (Å²) in [6, 6.07) is 9.79. The zero-order valence-electron chi connectivity index (χ0n) is 9.48. The molecule has 1 aromatic rings. The van der Waals surface area contributed by atoms with Gasteiger partial charge >= 0.3 is 0 Å². The van der Waals surface area contributed by atoms with Crippen LogP contribution < -0.4 is 11.1 Å². The number of thioether (sulfide) groups is 1. The quantitative estimate of drug-likeness (QED) is 0.588. The smallest absolute Gasteiger partial charge is 0.230 e. The minimum Gasteiger partial charge on any atom is -0.354 e. The molecular formula is C12H15N3OS. The normalized spacial score (nSPS) is 9.65. The number of nitriles is 1. The molecule has 0 fully saturated rings. The molecule has 0 spiro atoms. The molecule has 1 rings (SSSR count). The maximum absolute atomic E-state index is 11.4. The Morgan fingerprint density at radius 3 is 2.71 bits per heavy atom. The average molecular weight is 249 g/mol. The zero-order valence-corrected chi connectivity index (χ0v) is 10.3. The molecule has 90 valence electrons. The Kier molecular flexibility index (Phi) is 6.15. The summed E-state index contributed by atoms with van der Waals surface area (Å²) in [7, 11) is 0. The van der Waals surface area contributed by atoms with Gasteiger partial charge in [0.05, 0.1) is 18.2 Å². The van der Waals surface area contributed by atoms with Crippen molar-refractivity contribution in [1.82, 2.24) is 5.32 Å². The van der Waals surface area contributed by atoms with Crippen molar-refractivity contribution in [3.05, 3.63) is 29.8 Å². The fourth-order valence-corrected chi connectivity index (χ4v) is 1.91. The Morgan fingerprint density at radius 2 is 2.12 bits per heavy atom. The van der Waals surface area contributed by atoms with Gasteiger partial charge in [0.25, 0.3) is 0 Å². The molecule has 0 unspecified atom stereocenters. The minimum atomic E-state index is -0.0480. The van der Waals surface area contributed by atoms with Crippen LogP contribution in [0.25, 0.3) is 0 Å². The first-order valence-corrected chi connectivity index (χ1v) is 6.30. The molecule has 1 amide bonds. The second kappa shape index (κ2) is 7.71. The molecular weight excluding hydrogens is 234 g/mol. The van der Waals surface area contributed by atoms with Crippen LogP contribution >= 0.6 is 11.8 Å². The maximum atomic E-state index is 11.4. The molecule has 4 nitrogen and oxygen atoms in total. The van der Waals surface area contributed by atoms with E-state index < -0.39 is 0 Å². The van der Waals surface area contributed by atoms with E-state index in [4.69, 9.17) is 11.0 Å². The lowest BCUT2D eigenvalue weighted by Gasteiger charge is -2.03. The molecule has 0 aromatic heterocycles. The molecule has 0 saturated carbocycles. The highest BCUT2D eigenvalue weighted by atomic mass is 32.2. The van der Waals surface area contributed by atoms with Crippen molar-refractivity contribution in [1.29, 1.82) is 5.26 Å². The van der Waals surface area contributed by atoms with Crippen molar-refractivity contribution >= 4 is 17.7 Å². The van der Waals surface area contributed by atoms with E-state index in [1.165, 1.54) is 11.8 Å². The highest BCUT2D eigenvalue weighted by Crippen LogP contribution is 2.17. The number of nitrogens with one attached hydrogen (secondary N) is 1. The molecule has 0 aliphatic rings. The van der Waals surface area contributed by atoms with Gasteiger partial charge in [-0.3, -0.25) is 4.79 Å². The number of carbonyl (C=O) groups excluding carboxylic acids is 1. The monoisotopic (exact) mass is 249 g/mol. The van der Waals surface area contributed by atoms with Gasteiger partial charge in [0.15, 0.2) is 0 Å². The number of nitrogens with two attached hydrogens (primary N) is 1. The van der Waals surface area contributed by atoms with Gasteiger partial charge in [-0.1, -0.05) is 12.1 Å². The first kappa shape index (κ1) is 13.6. The van der Waals surface area contributed by atoms with Crippen LogP contribution in [0.2, 0.25) is 0 Å². The third-order valence-electron chi connectivity index (χ3n) is 2.09. The predicted molar refractivity (Wildman–Crippen MR) is 68.3 cm³/mol. The number of benzene rings is 1. The molecule has 1 aromatic carbocycles. The molecule has 0 aliphatic carbocycles. The number of nitrogens with zero attached hydrogens (tertiary/aromatic N) is 1. The van der Waals surface area contributed by atoms with Crippen molar-refractivity contribution in [2.45, 2.75) is 17.9 Å². The van der Waals surface area contributed by atoms with Gasteiger partial charge in [0.1, 0.15) is 0 Å². The van der Waals surface area contributed by atoms with Crippen LogP contribution in [0.15, 0.2) is 29.2 Å². The average Bonchev–Trinajstić information content (AvgIpc) is 2.37. The van der Waals surface area contributed by atoms with E-state index in [0.29, 0.717) is 25.3 Å². The molecule has 0 heterocycles. The Bertz CT molecular complexity index is 397. The standard InChI is InChI=1S/C12H15N3OS/c13-6-1-7-15-12(16)9-17-11-4-2-10(8-14)3-5-11/h2-5H,1,7-9,14H2,(H,15,16). The fourth-order valence-electron chi connectivity index (χ4n) is 1.18. The summed E-state index contributed by atoms with van der Waals surface area (Å²) < 4.78 is 0. The second-order valence-electron chi connectivity index (χ2n) is 3.39. The van der Waals surface area contributed by atoms with Gasteiger partial charge in [-0.2, -0.15) is 5.26 Å². The lowest BCUT2D eigenvalue weighted by molar-refractivity contribution is -0.118. The maximum Gasteiger partial charge on any atom is 0.230 e. The molecule has 17 heavy (non-hydrogen) atoms. The van der Waals surface area contributed by atoms with Gasteiger partial charge in [-0.15, -0.1) is 11.8 Å². The van der Waals surface area contributed by atoms with E-state index in [-0.39, 0.29) is 5.91 Å². The molecule has 5 heteroatoms. The van der Waals surface area contributed by atoms with Gasteiger partial charge in [0.2, 0.25) is 5.91 Å². The highest BCUT2D eigenvalue weighted by molar-refractivity contribution is 8.00. The van der Waals surface area contributed by atoms with Crippen LogP contribution in [0.3, 0.4) is 0 Å². The summed E-state index contributed by atoms with van der Waals surface area (Å²) in [4.78, 5) is 12.4. The molecule has 0 aliphatic heterocycles. The largest absolute Gasteiger partial charge is 0.354 e. The van der Waals surface area contributed by atoms with Crippen LogP contribution in [0.4, 0.5) is 0 Å². The third-order valence-corrected chi connectivity index (χ3v) is 3.10. The summed E-state index contributed by atoms with van der Waals surface area (Å²) in [5.74, 6) is 0.320. The van der Waals surface area contributed by atoms with Crippen molar-refractivity contribution < 1.29 is 4.79 Å². The highest BCUT2D eigenvalue weighted by Gasteiger charge is 2.01. The van der Waals surface area contributed by atoms with Crippen molar-refractivity contribution in [3.63, 3.8) is 0 Å². The molecule has 3 N–H and O–H groups in total. The number of hydrogen-bond donors (Lipinski definition) is 2. The molecule has 0 radical (unpaired) electrons. The lowest BCUT2D eigenvalue weighted by atomic mass is 10.2. The topological polar surface area (TPSA) is 78.9 Å². The van der Waals surface area contributed by atoms with Crippen molar-refractivity contribution in [2.75, 3.05) is 12.3 Å². The number of amides is 1. The number of rotatable bonds is 6. The van der Waals surface area contributed by atoms with E-state index in [2.05, 4.69) is 5.32 Å². The zero-order chi connectivity index (χ0) is 12.5. The van der Waals surface area contributed by atoms with Gasteiger partial charge in [-0.05, 0) is 17.7 Å². The predicted octanol–water partition coefficient (Wildman–Crippen LogP) is 1.27. The van der Waals surface area contributed by atoms with Crippen LogP contribution in [-0.2, 0) is 11.3 Å². The van der Waals surface area contributed by atoms with Crippen LogP contribution in [0.5, 0.6) is 0 Å². The van der Waals surface area contributed by atoms with Crippen LogP contribution in [-0.4, -0.2) is 18.2 Å². The summed E-state index contributed by atoms with van der Waals surface area (Å²) in [5, 5.41) is 11.0. The van der Waals surface area contributed by atoms with Crippen molar-refractivity contribution in [3.8, 4) is 6.07 Å². The van der Waals surface area contributed by atoms with Gasteiger partial charge in [-0.25, -0.2) is 0 Å². The summed E-state index contributed by atoms with van der Waals surface area (Å²) >= 11 is 1.47. The third kappa shape index (κ3) is 5.38. The van der Waals surface area contributed by atoms with Gasteiger partial charge < -0.3 is 11.1 Å². The summed E-state index contributed by atoms with van der Waals surface area (Å²) in [6.07, 6.45) is 0.349. The number of carbonyl (C=O) groups is 1. The van der Waals surface area contributed by atoms with E-state index in [0.717, 1.165) is 10.5 Å². The Labute approximate surface area is 105 Å². The Hall–Kier alpha value is -1.51. The van der Waals surface area contributed by atoms with E-state index >= 15 is 0 Å². The van der Waals surface area contributed by atoms with E-state index in [9.17, 15) is 4.79 Å². The summed E-state index contributed by atoms with van der Waals surface area (Å²) in [6.45, 7) is 0.946. The summed E-state index contributed by atoms with van der Waals surface area (Å²) in [5.41, 5.74) is 6.57. The SMILES string of the molecule is N#CCCNC(=O)CSc1ccc(CN)cc1.